The smallest absolute Gasteiger partial charge is 0.326 e. The first kappa shape index (κ1) is 14.9. The number of piperidine rings is 1. The molecular weight excluding hydrogens is 303 g/mol. The van der Waals surface area contributed by atoms with Gasteiger partial charge in [0.2, 0.25) is 0 Å². The Hall–Kier alpha value is -1.46. The lowest BCUT2D eigenvalue weighted by Crippen LogP contribution is -2.49. The summed E-state index contributed by atoms with van der Waals surface area (Å²) in [6.07, 6.45) is 2.08. The van der Waals surface area contributed by atoms with Crippen LogP contribution in [-0.2, 0) is 4.79 Å². The Bertz CT molecular complexity index is 516. The van der Waals surface area contributed by atoms with Crippen LogP contribution < -0.4 is 5.32 Å². The van der Waals surface area contributed by atoms with Crippen molar-refractivity contribution in [1.82, 2.24) is 4.90 Å². The molecule has 1 aliphatic rings. The topological polar surface area (TPSA) is 69.6 Å². The fourth-order valence-electron chi connectivity index (χ4n) is 2.25. The SMILES string of the molecule is O=C(O)C1CCCCN1C(=O)Nc1cc(Cl)cc(Cl)c1. The van der Waals surface area contributed by atoms with Crippen molar-refractivity contribution in [2.24, 2.45) is 0 Å². The molecule has 0 saturated carbocycles. The van der Waals surface area contributed by atoms with E-state index in [-0.39, 0.29) is 0 Å². The van der Waals surface area contributed by atoms with Gasteiger partial charge >= 0.3 is 12.0 Å². The maximum absolute atomic E-state index is 12.2. The van der Waals surface area contributed by atoms with E-state index >= 15 is 0 Å². The summed E-state index contributed by atoms with van der Waals surface area (Å²) in [5, 5.41) is 12.6. The normalized spacial score (nSPS) is 18.7. The molecule has 0 bridgehead atoms. The summed E-state index contributed by atoms with van der Waals surface area (Å²) in [5.74, 6) is -0.982. The number of hydrogen-bond donors (Lipinski definition) is 2. The maximum atomic E-state index is 12.2. The number of halogens is 2. The maximum Gasteiger partial charge on any atom is 0.326 e. The molecule has 108 valence electrons. The average molecular weight is 317 g/mol. The number of carboxylic acids is 1. The number of likely N-dealkylation sites (tertiary alicyclic amines) is 1. The van der Waals surface area contributed by atoms with Crippen LogP contribution in [0, 0.1) is 0 Å². The number of amides is 2. The number of carboxylic acid groups (broad SMARTS) is 1. The third-order valence-corrected chi connectivity index (χ3v) is 3.60. The van der Waals surface area contributed by atoms with E-state index in [0.717, 1.165) is 12.8 Å². The summed E-state index contributed by atoms with van der Waals surface area (Å²) in [5.41, 5.74) is 0.446. The van der Waals surface area contributed by atoms with Crippen molar-refractivity contribution in [3.05, 3.63) is 28.2 Å². The van der Waals surface area contributed by atoms with Crippen molar-refractivity contribution in [1.29, 1.82) is 0 Å². The molecule has 20 heavy (non-hydrogen) atoms. The second-order valence-electron chi connectivity index (χ2n) is 4.63. The van der Waals surface area contributed by atoms with Gasteiger partial charge in [0, 0.05) is 22.3 Å². The van der Waals surface area contributed by atoms with Gasteiger partial charge in [0.25, 0.3) is 0 Å². The highest BCUT2D eigenvalue weighted by Crippen LogP contribution is 2.24. The number of benzene rings is 1. The average Bonchev–Trinajstić information content (AvgIpc) is 2.37. The molecule has 1 aromatic rings. The molecule has 0 aromatic heterocycles. The molecule has 2 N–H and O–H groups in total. The van der Waals surface area contributed by atoms with E-state index < -0.39 is 18.0 Å². The van der Waals surface area contributed by atoms with E-state index in [1.165, 1.54) is 4.90 Å². The van der Waals surface area contributed by atoms with Gasteiger partial charge < -0.3 is 15.3 Å². The third kappa shape index (κ3) is 3.55. The van der Waals surface area contributed by atoms with E-state index in [0.29, 0.717) is 28.7 Å². The van der Waals surface area contributed by atoms with Crippen molar-refractivity contribution >= 4 is 40.9 Å². The molecule has 1 fully saturated rings. The molecule has 0 radical (unpaired) electrons. The minimum atomic E-state index is -0.982. The van der Waals surface area contributed by atoms with Crippen LogP contribution in [0.4, 0.5) is 10.5 Å². The first-order chi connectivity index (χ1) is 9.47. The number of rotatable bonds is 2. The Morgan fingerprint density at radius 3 is 2.45 bits per heavy atom. The number of nitrogens with zero attached hydrogens (tertiary/aromatic N) is 1. The van der Waals surface area contributed by atoms with Gasteiger partial charge in [-0.3, -0.25) is 0 Å². The summed E-state index contributed by atoms with van der Waals surface area (Å²) in [6.45, 7) is 0.428. The lowest BCUT2D eigenvalue weighted by Gasteiger charge is -2.32. The zero-order chi connectivity index (χ0) is 14.7. The largest absolute Gasteiger partial charge is 0.480 e. The summed E-state index contributed by atoms with van der Waals surface area (Å²) in [4.78, 5) is 24.7. The molecule has 1 unspecified atom stereocenters. The van der Waals surface area contributed by atoms with Gasteiger partial charge in [-0.2, -0.15) is 0 Å². The molecule has 7 heteroatoms. The van der Waals surface area contributed by atoms with E-state index in [1.54, 1.807) is 18.2 Å². The number of carbonyl (C=O) groups is 2. The molecule has 1 heterocycles. The van der Waals surface area contributed by atoms with E-state index in [9.17, 15) is 9.59 Å². The molecule has 1 aromatic carbocycles. The van der Waals surface area contributed by atoms with Gasteiger partial charge in [0.15, 0.2) is 0 Å². The Kier molecular flexibility index (Phi) is 4.73. The summed E-state index contributed by atoms with van der Waals surface area (Å²) >= 11 is 11.7. The molecule has 2 rings (SSSR count). The van der Waals surface area contributed by atoms with Gasteiger partial charge in [-0.1, -0.05) is 23.2 Å². The Labute approximate surface area is 126 Å². The second kappa shape index (κ2) is 6.33. The first-order valence-electron chi connectivity index (χ1n) is 6.24. The van der Waals surface area contributed by atoms with Crippen LogP contribution in [0.15, 0.2) is 18.2 Å². The zero-order valence-corrected chi connectivity index (χ0v) is 12.1. The predicted octanol–water partition coefficient (Wildman–Crippen LogP) is 3.46. The Balaban J connectivity index is 2.11. The number of urea groups is 1. The van der Waals surface area contributed by atoms with Crippen molar-refractivity contribution in [2.75, 3.05) is 11.9 Å². The lowest BCUT2D eigenvalue weighted by atomic mass is 10.0. The van der Waals surface area contributed by atoms with E-state index in [2.05, 4.69) is 5.32 Å². The quantitative estimate of drug-likeness (QED) is 0.877. The molecule has 1 atom stereocenters. The Morgan fingerprint density at radius 2 is 1.85 bits per heavy atom. The second-order valence-corrected chi connectivity index (χ2v) is 5.50. The van der Waals surface area contributed by atoms with Crippen molar-refractivity contribution in [2.45, 2.75) is 25.3 Å². The molecule has 2 amide bonds. The van der Waals surface area contributed by atoms with Crippen molar-refractivity contribution in [3.63, 3.8) is 0 Å². The number of nitrogens with one attached hydrogen (secondary N) is 1. The number of aliphatic carboxylic acids is 1. The van der Waals surface area contributed by atoms with Gasteiger partial charge in [-0.05, 0) is 37.5 Å². The number of anilines is 1. The molecular formula is C13H14Cl2N2O3. The molecule has 0 aliphatic carbocycles. The van der Waals surface area contributed by atoms with Gasteiger partial charge in [-0.15, -0.1) is 0 Å². The summed E-state index contributed by atoms with van der Waals surface area (Å²) in [7, 11) is 0. The van der Waals surface area contributed by atoms with Crippen LogP contribution in [0.2, 0.25) is 10.0 Å². The van der Waals surface area contributed by atoms with Gasteiger partial charge in [-0.25, -0.2) is 9.59 Å². The monoisotopic (exact) mass is 316 g/mol. The fraction of sp³-hybridized carbons (Fsp3) is 0.385. The lowest BCUT2D eigenvalue weighted by molar-refractivity contribution is -0.143. The Morgan fingerprint density at radius 1 is 1.20 bits per heavy atom. The highest BCUT2D eigenvalue weighted by Gasteiger charge is 2.31. The van der Waals surface area contributed by atoms with Crippen LogP contribution in [0.3, 0.4) is 0 Å². The molecule has 1 aliphatic heterocycles. The zero-order valence-electron chi connectivity index (χ0n) is 10.6. The molecule has 5 nitrogen and oxygen atoms in total. The van der Waals surface area contributed by atoms with Crippen molar-refractivity contribution < 1.29 is 14.7 Å². The number of carbonyl (C=O) groups excluding carboxylic acids is 1. The minimum Gasteiger partial charge on any atom is -0.480 e. The number of hydrogen-bond acceptors (Lipinski definition) is 2. The molecule has 0 spiro atoms. The van der Waals surface area contributed by atoms with Crippen LogP contribution >= 0.6 is 23.2 Å². The predicted molar refractivity (Wildman–Crippen MR) is 77.5 cm³/mol. The van der Waals surface area contributed by atoms with Crippen molar-refractivity contribution in [3.8, 4) is 0 Å². The highest BCUT2D eigenvalue weighted by atomic mass is 35.5. The highest BCUT2D eigenvalue weighted by molar-refractivity contribution is 6.35. The fourth-order valence-corrected chi connectivity index (χ4v) is 2.78. The van der Waals surface area contributed by atoms with Crippen LogP contribution in [-0.4, -0.2) is 34.6 Å². The summed E-state index contributed by atoms with van der Waals surface area (Å²) in [6, 6.07) is 3.45. The van der Waals surface area contributed by atoms with E-state index in [1.807, 2.05) is 0 Å². The van der Waals surface area contributed by atoms with Gasteiger partial charge in [0.1, 0.15) is 6.04 Å². The molecule has 1 saturated heterocycles. The standard InChI is InChI=1S/C13H14Cl2N2O3/c14-8-5-9(15)7-10(6-8)16-13(20)17-4-2-1-3-11(17)12(18)19/h5-7,11H,1-4H2,(H,16,20)(H,18,19). The van der Waals surface area contributed by atoms with Crippen LogP contribution in [0.25, 0.3) is 0 Å². The van der Waals surface area contributed by atoms with Crippen LogP contribution in [0.1, 0.15) is 19.3 Å². The first-order valence-corrected chi connectivity index (χ1v) is 6.99. The van der Waals surface area contributed by atoms with Crippen LogP contribution in [0.5, 0.6) is 0 Å². The summed E-state index contributed by atoms with van der Waals surface area (Å²) < 4.78 is 0. The third-order valence-electron chi connectivity index (χ3n) is 3.16. The van der Waals surface area contributed by atoms with E-state index in [4.69, 9.17) is 28.3 Å². The van der Waals surface area contributed by atoms with Gasteiger partial charge in [0.05, 0.1) is 0 Å². The minimum absolute atomic E-state index is 0.404.